The summed E-state index contributed by atoms with van der Waals surface area (Å²) in [5, 5.41) is 0. The Hall–Kier alpha value is -1.75. The fourth-order valence-electron chi connectivity index (χ4n) is 2.29. The normalized spacial score (nSPS) is 15.3. The van der Waals surface area contributed by atoms with E-state index in [-0.39, 0.29) is 30.2 Å². The van der Waals surface area contributed by atoms with Gasteiger partial charge in [-0.1, -0.05) is 0 Å². The Labute approximate surface area is 124 Å². The molecule has 5 nitrogen and oxygen atoms in total. The highest BCUT2D eigenvalue weighted by Crippen LogP contribution is 2.20. The molecule has 0 spiro atoms. The number of benzene rings is 1. The van der Waals surface area contributed by atoms with Gasteiger partial charge in [0, 0.05) is 24.3 Å². The van der Waals surface area contributed by atoms with Crippen LogP contribution >= 0.6 is 12.4 Å². The first kappa shape index (κ1) is 16.3. The predicted molar refractivity (Wildman–Crippen MR) is 78.7 cm³/mol. The summed E-state index contributed by atoms with van der Waals surface area (Å²) in [6, 6.07) is 6.89. The van der Waals surface area contributed by atoms with E-state index in [1.165, 1.54) is 7.11 Å². The molecule has 110 valence electrons. The maximum absolute atomic E-state index is 12.2. The van der Waals surface area contributed by atoms with Crippen LogP contribution in [0.2, 0.25) is 0 Å². The molecule has 1 saturated heterocycles. The number of nitrogen functional groups attached to an aromatic ring is 1. The van der Waals surface area contributed by atoms with Gasteiger partial charge in [0.1, 0.15) is 0 Å². The first-order valence-corrected chi connectivity index (χ1v) is 6.34. The van der Waals surface area contributed by atoms with Crippen molar-refractivity contribution in [2.75, 3.05) is 25.9 Å². The third-order valence-electron chi connectivity index (χ3n) is 3.47. The summed E-state index contributed by atoms with van der Waals surface area (Å²) in [5.74, 6) is -0.275. The number of ether oxygens (including phenoxy) is 1. The molecule has 1 aliphatic rings. The van der Waals surface area contributed by atoms with Gasteiger partial charge in [-0.05, 0) is 37.1 Å². The minimum Gasteiger partial charge on any atom is -0.469 e. The SMILES string of the molecule is COC(=O)C1CCN(C(=O)c2ccc(N)cc2)CC1.Cl. The van der Waals surface area contributed by atoms with Crippen LogP contribution in [0.25, 0.3) is 0 Å². The Kier molecular flexibility index (Phi) is 5.82. The van der Waals surface area contributed by atoms with E-state index in [4.69, 9.17) is 10.5 Å². The Morgan fingerprint density at radius 1 is 1.20 bits per heavy atom. The third-order valence-corrected chi connectivity index (χ3v) is 3.47. The number of halogens is 1. The average Bonchev–Trinajstić information content (AvgIpc) is 2.46. The molecule has 20 heavy (non-hydrogen) atoms. The first-order valence-electron chi connectivity index (χ1n) is 6.34. The van der Waals surface area contributed by atoms with Crippen LogP contribution in [0.5, 0.6) is 0 Å². The molecule has 1 aromatic carbocycles. The second kappa shape index (κ2) is 7.14. The lowest BCUT2D eigenvalue weighted by molar-refractivity contribution is -0.146. The fraction of sp³-hybridized carbons (Fsp3) is 0.429. The van der Waals surface area contributed by atoms with Gasteiger partial charge >= 0.3 is 5.97 Å². The Balaban J connectivity index is 0.00000200. The van der Waals surface area contributed by atoms with Crippen LogP contribution in [-0.4, -0.2) is 37.0 Å². The van der Waals surface area contributed by atoms with E-state index in [1.54, 1.807) is 29.2 Å². The molecule has 1 heterocycles. The van der Waals surface area contributed by atoms with Crippen molar-refractivity contribution in [1.82, 2.24) is 4.90 Å². The number of rotatable bonds is 2. The van der Waals surface area contributed by atoms with E-state index in [0.717, 1.165) is 0 Å². The summed E-state index contributed by atoms with van der Waals surface area (Å²) < 4.78 is 4.73. The van der Waals surface area contributed by atoms with E-state index in [9.17, 15) is 9.59 Å². The molecule has 0 aromatic heterocycles. The largest absolute Gasteiger partial charge is 0.469 e. The van der Waals surface area contributed by atoms with Gasteiger partial charge in [-0.3, -0.25) is 9.59 Å². The zero-order chi connectivity index (χ0) is 13.8. The van der Waals surface area contributed by atoms with E-state index >= 15 is 0 Å². The molecule has 1 aromatic rings. The van der Waals surface area contributed by atoms with Crippen LogP contribution in [0.4, 0.5) is 5.69 Å². The number of likely N-dealkylation sites (tertiary alicyclic amines) is 1. The second-order valence-corrected chi connectivity index (χ2v) is 4.71. The summed E-state index contributed by atoms with van der Waals surface area (Å²) >= 11 is 0. The number of anilines is 1. The summed E-state index contributed by atoms with van der Waals surface area (Å²) in [6.45, 7) is 1.17. The van der Waals surface area contributed by atoms with Crippen molar-refractivity contribution in [3.05, 3.63) is 29.8 Å². The van der Waals surface area contributed by atoms with E-state index in [2.05, 4.69) is 0 Å². The maximum atomic E-state index is 12.2. The fourth-order valence-corrected chi connectivity index (χ4v) is 2.29. The smallest absolute Gasteiger partial charge is 0.308 e. The lowest BCUT2D eigenvalue weighted by Gasteiger charge is -2.30. The van der Waals surface area contributed by atoms with Crippen LogP contribution in [-0.2, 0) is 9.53 Å². The molecule has 2 N–H and O–H groups in total. The number of methoxy groups -OCH3 is 1. The molecule has 0 aliphatic carbocycles. The van der Waals surface area contributed by atoms with Gasteiger partial charge in [0.05, 0.1) is 13.0 Å². The van der Waals surface area contributed by atoms with Crippen molar-refractivity contribution >= 4 is 30.0 Å². The second-order valence-electron chi connectivity index (χ2n) is 4.71. The van der Waals surface area contributed by atoms with Crippen LogP contribution in [0.3, 0.4) is 0 Å². The number of hydrogen-bond donors (Lipinski definition) is 1. The lowest BCUT2D eigenvalue weighted by Crippen LogP contribution is -2.40. The number of carbonyl (C=O) groups excluding carboxylic acids is 2. The van der Waals surface area contributed by atoms with Gasteiger partial charge in [-0.25, -0.2) is 0 Å². The summed E-state index contributed by atoms with van der Waals surface area (Å²) in [4.78, 5) is 25.4. The number of nitrogens with zero attached hydrogens (tertiary/aromatic N) is 1. The van der Waals surface area contributed by atoms with Gasteiger partial charge in [-0.2, -0.15) is 0 Å². The molecule has 0 saturated carbocycles. The summed E-state index contributed by atoms with van der Waals surface area (Å²) in [5.41, 5.74) is 6.87. The molecule has 0 unspecified atom stereocenters. The highest BCUT2D eigenvalue weighted by atomic mass is 35.5. The molecular weight excluding hydrogens is 280 g/mol. The molecule has 6 heteroatoms. The number of piperidine rings is 1. The van der Waals surface area contributed by atoms with E-state index in [1.807, 2.05) is 0 Å². The van der Waals surface area contributed by atoms with Crippen molar-refractivity contribution in [3.8, 4) is 0 Å². The van der Waals surface area contributed by atoms with Crippen LogP contribution < -0.4 is 5.73 Å². The van der Waals surface area contributed by atoms with E-state index < -0.39 is 0 Å². The topological polar surface area (TPSA) is 72.6 Å². The van der Waals surface area contributed by atoms with Crippen LogP contribution in [0.1, 0.15) is 23.2 Å². The number of hydrogen-bond acceptors (Lipinski definition) is 4. The van der Waals surface area contributed by atoms with Gasteiger partial charge in [0.15, 0.2) is 0 Å². The molecule has 0 radical (unpaired) electrons. The molecule has 1 aliphatic heterocycles. The zero-order valence-electron chi connectivity index (χ0n) is 11.4. The Morgan fingerprint density at radius 2 is 1.75 bits per heavy atom. The number of carbonyl (C=O) groups is 2. The Morgan fingerprint density at radius 3 is 2.25 bits per heavy atom. The molecular formula is C14H19ClN2O3. The van der Waals surface area contributed by atoms with Crippen molar-refractivity contribution in [1.29, 1.82) is 0 Å². The highest BCUT2D eigenvalue weighted by Gasteiger charge is 2.28. The Bertz CT molecular complexity index is 468. The van der Waals surface area contributed by atoms with Gasteiger partial charge in [-0.15, -0.1) is 12.4 Å². The van der Waals surface area contributed by atoms with E-state index in [0.29, 0.717) is 37.2 Å². The third kappa shape index (κ3) is 3.63. The highest BCUT2D eigenvalue weighted by molar-refractivity contribution is 5.94. The monoisotopic (exact) mass is 298 g/mol. The molecule has 0 atom stereocenters. The molecule has 2 rings (SSSR count). The molecule has 1 amide bonds. The van der Waals surface area contributed by atoms with Gasteiger partial charge < -0.3 is 15.4 Å². The first-order chi connectivity index (χ1) is 9.11. The number of nitrogens with two attached hydrogens (primary N) is 1. The minimum absolute atomic E-state index is 0. The quantitative estimate of drug-likeness (QED) is 0.666. The number of amides is 1. The minimum atomic E-state index is -0.181. The van der Waals surface area contributed by atoms with Crippen LogP contribution in [0.15, 0.2) is 24.3 Å². The average molecular weight is 299 g/mol. The summed E-state index contributed by atoms with van der Waals surface area (Å²) in [7, 11) is 1.40. The van der Waals surface area contributed by atoms with Crippen molar-refractivity contribution < 1.29 is 14.3 Å². The molecule has 0 bridgehead atoms. The van der Waals surface area contributed by atoms with Crippen molar-refractivity contribution in [3.63, 3.8) is 0 Å². The summed E-state index contributed by atoms with van der Waals surface area (Å²) in [6.07, 6.45) is 1.32. The standard InChI is InChI=1S/C14H18N2O3.ClH/c1-19-14(18)11-6-8-16(9-7-11)13(17)10-2-4-12(15)5-3-10;/h2-5,11H,6-9,15H2,1H3;1H. The van der Waals surface area contributed by atoms with Gasteiger partial charge in [0.25, 0.3) is 5.91 Å². The predicted octanol–water partition coefficient (Wildman–Crippen LogP) is 1.72. The maximum Gasteiger partial charge on any atom is 0.308 e. The zero-order valence-corrected chi connectivity index (χ0v) is 12.2. The van der Waals surface area contributed by atoms with Crippen molar-refractivity contribution in [2.45, 2.75) is 12.8 Å². The lowest BCUT2D eigenvalue weighted by atomic mass is 9.96. The van der Waals surface area contributed by atoms with Gasteiger partial charge in [0.2, 0.25) is 0 Å². The van der Waals surface area contributed by atoms with Crippen molar-refractivity contribution in [2.24, 2.45) is 5.92 Å². The molecule has 1 fully saturated rings. The van der Waals surface area contributed by atoms with Crippen LogP contribution in [0, 0.1) is 5.92 Å². The number of esters is 1.